The van der Waals surface area contributed by atoms with Gasteiger partial charge in [-0.3, -0.25) is 5.84 Å². The summed E-state index contributed by atoms with van der Waals surface area (Å²) in [6.45, 7) is 0.673. The van der Waals surface area contributed by atoms with Gasteiger partial charge in [-0.25, -0.2) is 9.82 Å². The van der Waals surface area contributed by atoms with Gasteiger partial charge < -0.3 is 4.74 Å². The number of hydrazine groups is 1. The quantitative estimate of drug-likeness (QED) is 0.657. The van der Waals surface area contributed by atoms with Gasteiger partial charge in [0.15, 0.2) is 0 Å². The fourth-order valence-corrected chi connectivity index (χ4v) is 2.50. The number of rotatable bonds is 3. The molecule has 98 valence electrons. The summed E-state index contributed by atoms with van der Waals surface area (Å²) < 4.78 is 19.4. The zero-order chi connectivity index (χ0) is 13.2. The first-order valence-electron chi connectivity index (χ1n) is 6.27. The van der Waals surface area contributed by atoms with E-state index in [0.717, 1.165) is 23.1 Å². The van der Waals surface area contributed by atoms with Gasteiger partial charge in [0.2, 0.25) is 0 Å². The minimum atomic E-state index is -0.243. The molecule has 0 aliphatic carbocycles. The van der Waals surface area contributed by atoms with Crippen LogP contribution in [-0.4, -0.2) is 6.61 Å². The van der Waals surface area contributed by atoms with Gasteiger partial charge in [-0.15, -0.1) is 0 Å². The Hall–Kier alpha value is -1.91. The highest BCUT2D eigenvalue weighted by Gasteiger charge is 2.22. The monoisotopic (exact) mass is 258 g/mol. The summed E-state index contributed by atoms with van der Waals surface area (Å²) in [7, 11) is 0. The van der Waals surface area contributed by atoms with E-state index in [9.17, 15) is 4.39 Å². The number of nitrogens with two attached hydrogens (primary N) is 1. The topological polar surface area (TPSA) is 47.3 Å². The second-order valence-electron chi connectivity index (χ2n) is 4.53. The molecule has 0 bridgehead atoms. The maximum atomic E-state index is 13.8. The van der Waals surface area contributed by atoms with E-state index in [0.29, 0.717) is 12.0 Å². The Bertz CT molecular complexity index is 639. The summed E-state index contributed by atoms with van der Waals surface area (Å²) in [4.78, 5) is 0. The lowest BCUT2D eigenvalue weighted by Crippen LogP contribution is -2.29. The maximum absolute atomic E-state index is 13.8. The second kappa shape index (κ2) is 4.99. The fourth-order valence-electron chi connectivity index (χ4n) is 2.50. The fraction of sp³-hybridized carbons (Fsp3) is 0.200. The number of ether oxygens (including phenoxy) is 1. The van der Waals surface area contributed by atoms with Crippen molar-refractivity contribution in [2.45, 2.75) is 12.5 Å². The third-order valence-corrected chi connectivity index (χ3v) is 3.40. The van der Waals surface area contributed by atoms with Crippen molar-refractivity contribution in [1.82, 2.24) is 5.43 Å². The van der Waals surface area contributed by atoms with E-state index in [-0.39, 0.29) is 11.9 Å². The van der Waals surface area contributed by atoms with Crippen LogP contribution in [0.1, 0.15) is 18.0 Å². The Balaban J connectivity index is 2.16. The molecule has 3 N–H and O–H groups in total. The summed E-state index contributed by atoms with van der Waals surface area (Å²) >= 11 is 0. The SMILES string of the molecule is NNC(C1=CCCO1)c1ccc(F)c2ccccc12. The number of hydrogen-bond acceptors (Lipinski definition) is 3. The third-order valence-electron chi connectivity index (χ3n) is 3.40. The van der Waals surface area contributed by atoms with Crippen LogP contribution in [0.2, 0.25) is 0 Å². The van der Waals surface area contributed by atoms with Crippen LogP contribution in [-0.2, 0) is 4.74 Å². The van der Waals surface area contributed by atoms with Crippen molar-refractivity contribution in [2.24, 2.45) is 5.84 Å². The zero-order valence-electron chi connectivity index (χ0n) is 10.4. The van der Waals surface area contributed by atoms with Crippen LogP contribution in [0.4, 0.5) is 4.39 Å². The Kier molecular flexibility index (Phi) is 3.19. The standard InChI is InChI=1S/C15H15FN2O/c16-13-8-7-12(10-4-1-2-5-11(10)13)15(18-17)14-6-3-9-19-14/h1-2,4-8,15,18H,3,9,17H2. The number of benzene rings is 2. The van der Waals surface area contributed by atoms with Gasteiger partial charge in [-0.1, -0.05) is 30.3 Å². The molecule has 19 heavy (non-hydrogen) atoms. The van der Waals surface area contributed by atoms with E-state index in [1.54, 1.807) is 12.1 Å². The van der Waals surface area contributed by atoms with Crippen molar-refractivity contribution in [3.63, 3.8) is 0 Å². The Morgan fingerprint density at radius 1 is 1.16 bits per heavy atom. The van der Waals surface area contributed by atoms with E-state index in [4.69, 9.17) is 10.6 Å². The Morgan fingerprint density at radius 3 is 2.63 bits per heavy atom. The molecule has 0 spiro atoms. The van der Waals surface area contributed by atoms with Crippen molar-refractivity contribution < 1.29 is 9.13 Å². The molecular formula is C15H15FN2O. The summed E-state index contributed by atoms with van der Waals surface area (Å²) in [6.07, 6.45) is 2.90. The van der Waals surface area contributed by atoms with Crippen LogP contribution >= 0.6 is 0 Å². The van der Waals surface area contributed by atoms with Gasteiger partial charge >= 0.3 is 0 Å². The molecule has 0 radical (unpaired) electrons. The van der Waals surface area contributed by atoms with Crippen LogP contribution < -0.4 is 11.3 Å². The van der Waals surface area contributed by atoms with Crippen LogP contribution in [0.3, 0.4) is 0 Å². The first kappa shape index (κ1) is 12.1. The van der Waals surface area contributed by atoms with Crippen LogP contribution in [0.25, 0.3) is 10.8 Å². The predicted molar refractivity (Wildman–Crippen MR) is 72.6 cm³/mol. The number of halogens is 1. The van der Waals surface area contributed by atoms with E-state index in [2.05, 4.69) is 5.43 Å². The second-order valence-corrected chi connectivity index (χ2v) is 4.53. The third kappa shape index (κ3) is 2.09. The molecule has 2 aromatic rings. The molecular weight excluding hydrogens is 243 g/mol. The first-order chi connectivity index (χ1) is 9.31. The minimum absolute atomic E-state index is 0.226. The van der Waals surface area contributed by atoms with Crippen molar-refractivity contribution in [3.05, 3.63) is 59.6 Å². The number of nitrogens with one attached hydrogen (secondary N) is 1. The number of fused-ring (bicyclic) bond motifs is 1. The average Bonchev–Trinajstić information content (AvgIpc) is 2.96. The van der Waals surface area contributed by atoms with Gasteiger partial charge in [0, 0.05) is 11.8 Å². The van der Waals surface area contributed by atoms with Crippen LogP contribution in [0, 0.1) is 5.82 Å². The molecule has 2 aromatic carbocycles. The van der Waals surface area contributed by atoms with Crippen molar-refractivity contribution >= 4 is 10.8 Å². The number of hydrogen-bond donors (Lipinski definition) is 2. The molecule has 0 amide bonds. The molecule has 1 aliphatic rings. The molecule has 0 aromatic heterocycles. The van der Waals surface area contributed by atoms with E-state index < -0.39 is 0 Å². The summed E-state index contributed by atoms with van der Waals surface area (Å²) in [5, 5.41) is 1.45. The summed E-state index contributed by atoms with van der Waals surface area (Å²) in [5.74, 6) is 6.23. The molecule has 4 heteroatoms. The lowest BCUT2D eigenvalue weighted by atomic mass is 9.97. The van der Waals surface area contributed by atoms with E-state index in [1.807, 2.05) is 24.3 Å². The Morgan fingerprint density at radius 2 is 1.95 bits per heavy atom. The molecule has 1 atom stereocenters. The van der Waals surface area contributed by atoms with Gasteiger partial charge in [0.25, 0.3) is 0 Å². The molecule has 0 fully saturated rings. The minimum Gasteiger partial charge on any atom is -0.496 e. The molecule has 1 heterocycles. The Labute approximate surface area is 110 Å². The molecule has 0 saturated carbocycles. The normalized spacial score (nSPS) is 16.2. The summed E-state index contributed by atoms with van der Waals surface area (Å²) in [5.41, 5.74) is 3.68. The molecule has 3 nitrogen and oxygen atoms in total. The lowest BCUT2D eigenvalue weighted by molar-refractivity contribution is 0.216. The molecule has 1 aliphatic heterocycles. The van der Waals surface area contributed by atoms with E-state index in [1.165, 1.54) is 6.07 Å². The molecule has 3 rings (SSSR count). The zero-order valence-corrected chi connectivity index (χ0v) is 10.4. The summed E-state index contributed by atoms with van der Waals surface area (Å²) in [6, 6.07) is 10.4. The van der Waals surface area contributed by atoms with Crippen LogP contribution in [0.15, 0.2) is 48.2 Å². The first-order valence-corrected chi connectivity index (χ1v) is 6.27. The van der Waals surface area contributed by atoms with Crippen LogP contribution in [0.5, 0.6) is 0 Å². The largest absolute Gasteiger partial charge is 0.496 e. The van der Waals surface area contributed by atoms with Gasteiger partial charge in [-0.2, -0.15) is 0 Å². The average molecular weight is 258 g/mol. The van der Waals surface area contributed by atoms with Crippen molar-refractivity contribution in [1.29, 1.82) is 0 Å². The van der Waals surface area contributed by atoms with Crippen molar-refractivity contribution in [3.8, 4) is 0 Å². The highest BCUT2D eigenvalue weighted by Crippen LogP contribution is 2.32. The highest BCUT2D eigenvalue weighted by molar-refractivity contribution is 5.87. The van der Waals surface area contributed by atoms with Crippen molar-refractivity contribution in [2.75, 3.05) is 6.61 Å². The molecule has 1 unspecified atom stereocenters. The smallest absolute Gasteiger partial charge is 0.131 e. The van der Waals surface area contributed by atoms with Gasteiger partial charge in [0.05, 0.1) is 6.61 Å². The highest BCUT2D eigenvalue weighted by atomic mass is 19.1. The predicted octanol–water partition coefficient (Wildman–Crippen LogP) is 2.79. The molecule has 0 saturated heterocycles. The van der Waals surface area contributed by atoms with Gasteiger partial charge in [0.1, 0.15) is 17.6 Å². The van der Waals surface area contributed by atoms with Gasteiger partial charge in [-0.05, 0) is 23.1 Å². The lowest BCUT2D eigenvalue weighted by Gasteiger charge is -2.19. The maximum Gasteiger partial charge on any atom is 0.131 e. The van der Waals surface area contributed by atoms with E-state index >= 15 is 0 Å².